The first-order valence-corrected chi connectivity index (χ1v) is 7.38. The summed E-state index contributed by atoms with van der Waals surface area (Å²) in [5.41, 5.74) is 0.391. The molecule has 1 aliphatic heterocycles. The number of carbonyl (C=O) groups excluding carboxylic acids is 1. The lowest BCUT2D eigenvalue weighted by atomic mass is 9.93. The highest BCUT2D eigenvalue weighted by Gasteiger charge is 2.24. The molecule has 0 spiro atoms. The maximum atomic E-state index is 13.0. The molecule has 5 heteroatoms. The van der Waals surface area contributed by atoms with Gasteiger partial charge in [-0.05, 0) is 57.0 Å². The molecule has 1 aromatic carbocycles. The normalized spacial score (nSPS) is 16.4. The molecular formula is C15H20ClFN2O. The highest BCUT2D eigenvalue weighted by atomic mass is 35.5. The number of halogens is 2. The zero-order valence-electron chi connectivity index (χ0n) is 11.7. The van der Waals surface area contributed by atoms with Crippen LogP contribution >= 0.6 is 11.6 Å². The van der Waals surface area contributed by atoms with Crippen molar-refractivity contribution in [3.63, 3.8) is 0 Å². The van der Waals surface area contributed by atoms with Crippen LogP contribution in [0.5, 0.6) is 0 Å². The smallest absolute Gasteiger partial charge is 0.255 e. The molecule has 20 heavy (non-hydrogen) atoms. The molecule has 1 aliphatic rings. The SMILES string of the molecule is CNCCC1CCN(C(=O)c2ccc(F)cc2Cl)CC1. The van der Waals surface area contributed by atoms with Crippen LogP contribution in [0.25, 0.3) is 0 Å². The molecule has 1 heterocycles. The molecule has 1 saturated heterocycles. The number of likely N-dealkylation sites (tertiary alicyclic amines) is 1. The second-order valence-corrected chi connectivity index (χ2v) is 5.66. The molecule has 0 saturated carbocycles. The average molecular weight is 299 g/mol. The lowest BCUT2D eigenvalue weighted by molar-refractivity contribution is 0.0687. The van der Waals surface area contributed by atoms with Gasteiger partial charge in [-0.3, -0.25) is 4.79 Å². The molecule has 110 valence electrons. The molecule has 0 bridgehead atoms. The fourth-order valence-corrected chi connectivity index (χ4v) is 2.85. The van der Waals surface area contributed by atoms with Gasteiger partial charge in [0.2, 0.25) is 0 Å². The summed E-state index contributed by atoms with van der Waals surface area (Å²) in [4.78, 5) is 14.2. The van der Waals surface area contributed by atoms with E-state index < -0.39 is 5.82 Å². The summed E-state index contributed by atoms with van der Waals surface area (Å²) in [5.74, 6) is 0.162. The van der Waals surface area contributed by atoms with E-state index in [2.05, 4.69) is 5.32 Å². The van der Waals surface area contributed by atoms with Crippen molar-refractivity contribution in [1.82, 2.24) is 10.2 Å². The lowest BCUT2D eigenvalue weighted by Crippen LogP contribution is -2.39. The Kier molecular flexibility index (Phi) is 5.38. The Balaban J connectivity index is 1.94. The first-order chi connectivity index (χ1) is 9.61. The molecule has 3 nitrogen and oxygen atoms in total. The summed E-state index contributed by atoms with van der Waals surface area (Å²) < 4.78 is 13.0. The minimum atomic E-state index is -0.419. The van der Waals surface area contributed by atoms with Crippen molar-refractivity contribution >= 4 is 17.5 Å². The topological polar surface area (TPSA) is 32.3 Å². The number of hydrogen-bond acceptors (Lipinski definition) is 2. The second kappa shape index (κ2) is 7.04. The fraction of sp³-hybridized carbons (Fsp3) is 0.533. The molecule has 0 atom stereocenters. The third-order valence-electron chi connectivity index (χ3n) is 3.87. The van der Waals surface area contributed by atoms with Crippen LogP contribution in [0, 0.1) is 11.7 Å². The zero-order valence-corrected chi connectivity index (χ0v) is 12.4. The van der Waals surface area contributed by atoms with E-state index in [4.69, 9.17) is 11.6 Å². The van der Waals surface area contributed by atoms with Gasteiger partial charge in [0.25, 0.3) is 5.91 Å². The number of nitrogens with one attached hydrogen (secondary N) is 1. The van der Waals surface area contributed by atoms with E-state index in [1.807, 2.05) is 11.9 Å². The molecule has 0 aliphatic carbocycles. The Morgan fingerprint density at radius 2 is 2.15 bits per heavy atom. The third kappa shape index (κ3) is 3.70. The monoisotopic (exact) mass is 298 g/mol. The van der Waals surface area contributed by atoms with Crippen LogP contribution in [0.15, 0.2) is 18.2 Å². The summed E-state index contributed by atoms with van der Waals surface area (Å²) >= 11 is 5.95. The van der Waals surface area contributed by atoms with E-state index in [0.29, 0.717) is 11.5 Å². The fourth-order valence-electron chi connectivity index (χ4n) is 2.61. The zero-order chi connectivity index (χ0) is 14.5. The molecule has 1 fully saturated rings. The Hall–Kier alpha value is -1.13. The minimum absolute atomic E-state index is 0.0953. The van der Waals surface area contributed by atoms with Gasteiger partial charge in [-0.25, -0.2) is 4.39 Å². The van der Waals surface area contributed by atoms with Crippen molar-refractivity contribution in [2.75, 3.05) is 26.7 Å². The Bertz CT molecular complexity index is 473. The summed E-state index contributed by atoms with van der Waals surface area (Å²) in [5, 5.41) is 3.34. The molecule has 0 unspecified atom stereocenters. The number of carbonyl (C=O) groups is 1. The van der Waals surface area contributed by atoms with Crippen molar-refractivity contribution in [1.29, 1.82) is 0 Å². The lowest BCUT2D eigenvalue weighted by Gasteiger charge is -2.32. The van der Waals surface area contributed by atoms with Crippen molar-refractivity contribution < 1.29 is 9.18 Å². The first-order valence-electron chi connectivity index (χ1n) is 7.00. The van der Waals surface area contributed by atoms with Gasteiger partial charge in [0.15, 0.2) is 0 Å². The van der Waals surface area contributed by atoms with E-state index in [0.717, 1.165) is 38.9 Å². The highest BCUT2D eigenvalue weighted by Crippen LogP contribution is 2.24. The van der Waals surface area contributed by atoms with Gasteiger partial charge in [-0.2, -0.15) is 0 Å². The van der Waals surface area contributed by atoms with Crippen LogP contribution < -0.4 is 5.32 Å². The van der Waals surface area contributed by atoms with Crippen LogP contribution in [0.3, 0.4) is 0 Å². The Morgan fingerprint density at radius 3 is 2.75 bits per heavy atom. The van der Waals surface area contributed by atoms with Crippen LogP contribution in [-0.4, -0.2) is 37.5 Å². The number of benzene rings is 1. The quantitative estimate of drug-likeness (QED) is 0.927. The second-order valence-electron chi connectivity index (χ2n) is 5.25. The minimum Gasteiger partial charge on any atom is -0.339 e. The number of rotatable bonds is 4. The summed E-state index contributed by atoms with van der Waals surface area (Å²) in [6.07, 6.45) is 3.19. The van der Waals surface area contributed by atoms with Crippen LogP contribution in [0.2, 0.25) is 5.02 Å². The van der Waals surface area contributed by atoms with E-state index in [-0.39, 0.29) is 10.9 Å². The third-order valence-corrected chi connectivity index (χ3v) is 4.18. The molecule has 0 aromatic heterocycles. The van der Waals surface area contributed by atoms with E-state index in [1.54, 1.807) is 0 Å². The average Bonchev–Trinajstić information content (AvgIpc) is 2.45. The molecule has 1 N–H and O–H groups in total. The summed E-state index contributed by atoms with van der Waals surface area (Å²) in [6.45, 7) is 2.52. The van der Waals surface area contributed by atoms with Gasteiger partial charge in [0.1, 0.15) is 5.82 Å². The Morgan fingerprint density at radius 1 is 1.45 bits per heavy atom. The molecule has 0 radical (unpaired) electrons. The molecular weight excluding hydrogens is 279 g/mol. The largest absolute Gasteiger partial charge is 0.339 e. The van der Waals surface area contributed by atoms with Crippen molar-refractivity contribution in [3.8, 4) is 0 Å². The predicted octanol–water partition coefficient (Wildman–Crippen LogP) is 2.94. The maximum Gasteiger partial charge on any atom is 0.255 e. The van der Waals surface area contributed by atoms with Gasteiger partial charge in [-0.1, -0.05) is 11.6 Å². The van der Waals surface area contributed by atoms with Gasteiger partial charge in [0.05, 0.1) is 10.6 Å². The van der Waals surface area contributed by atoms with Crippen molar-refractivity contribution in [2.24, 2.45) is 5.92 Å². The first kappa shape index (κ1) is 15.3. The van der Waals surface area contributed by atoms with Gasteiger partial charge < -0.3 is 10.2 Å². The van der Waals surface area contributed by atoms with Gasteiger partial charge in [-0.15, -0.1) is 0 Å². The van der Waals surface area contributed by atoms with Crippen molar-refractivity contribution in [3.05, 3.63) is 34.6 Å². The van der Waals surface area contributed by atoms with E-state index in [9.17, 15) is 9.18 Å². The molecule has 1 amide bonds. The maximum absolute atomic E-state index is 13.0. The van der Waals surface area contributed by atoms with Crippen LogP contribution in [0.4, 0.5) is 4.39 Å². The number of amides is 1. The van der Waals surface area contributed by atoms with Crippen LogP contribution in [0.1, 0.15) is 29.6 Å². The van der Waals surface area contributed by atoms with E-state index in [1.165, 1.54) is 18.2 Å². The molecule has 1 aromatic rings. The van der Waals surface area contributed by atoms with Crippen molar-refractivity contribution in [2.45, 2.75) is 19.3 Å². The van der Waals surface area contributed by atoms with Gasteiger partial charge >= 0.3 is 0 Å². The summed E-state index contributed by atoms with van der Waals surface area (Å²) in [6, 6.07) is 3.93. The summed E-state index contributed by atoms with van der Waals surface area (Å²) in [7, 11) is 1.95. The number of hydrogen-bond donors (Lipinski definition) is 1. The predicted molar refractivity (Wildman–Crippen MR) is 78.6 cm³/mol. The van der Waals surface area contributed by atoms with Crippen LogP contribution in [-0.2, 0) is 0 Å². The standard InChI is InChI=1S/C15H20ClFN2O/c1-18-7-4-11-5-8-19(9-6-11)15(20)13-3-2-12(17)10-14(13)16/h2-3,10-11,18H,4-9H2,1H3. The molecule has 2 rings (SSSR count). The van der Waals surface area contributed by atoms with E-state index >= 15 is 0 Å². The number of piperidine rings is 1. The van der Waals surface area contributed by atoms with Gasteiger partial charge in [0, 0.05) is 13.1 Å². The Labute approximate surface area is 124 Å². The highest BCUT2D eigenvalue weighted by molar-refractivity contribution is 6.33. The number of nitrogens with zero attached hydrogens (tertiary/aromatic N) is 1.